The Hall–Kier alpha value is -2.21. The van der Waals surface area contributed by atoms with E-state index in [1.807, 2.05) is 0 Å². The van der Waals surface area contributed by atoms with Crippen molar-refractivity contribution in [3.05, 3.63) is 40.9 Å². The number of nitrogens with one attached hydrogen (secondary N) is 1. The summed E-state index contributed by atoms with van der Waals surface area (Å²) < 4.78 is 0. The summed E-state index contributed by atoms with van der Waals surface area (Å²) in [5, 5.41) is 4.59. The minimum Gasteiger partial charge on any atom is -0.375 e. The highest BCUT2D eigenvalue weighted by Gasteiger charge is 2.10. The average molecular weight is 261 g/mol. The second kappa shape index (κ2) is 4.97. The molecule has 0 spiro atoms. The van der Waals surface area contributed by atoms with Crippen molar-refractivity contribution in [3.8, 4) is 0 Å². The van der Waals surface area contributed by atoms with Crippen molar-refractivity contribution in [1.29, 1.82) is 0 Å². The molecule has 0 bridgehead atoms. The Bertz CT molecular complexity index is 607. The van der Waals surface area contributed by atoms with E-state index in [4.69, 9.17) is 5.73 Å². The van der Waals surface area contributed by atoms with Crippen molar-refractivity contribution < 1.29 is 9.59 Å². The largest absolute Gasteiger partial charge is 0.375 e. The van der Waals surface area contributed by atoms with Gasteiger partial charge in [-0.2, -0.15) is 0 Å². The highest BCUT2D eigenvalue weighted by molar-refractivity contribution is 7.13. The van der Waals surface area contributed by atoms with Gasteiger partial charge in [-0.05, 0) is 19.1 Å². The molecule has 1 aromatic carbocycles. The van der Waals surface area contributed by atoms with Crippen LogP contribution in [0.3, 0.4) is 0 Å². The van der Waals surface area contributed by atoms with E-state index in [1.165, 1.54) is 18.3 Å². The molecule has 0 aliphatic rings. The number of nitrogens with zero attached hydrogens (tertiary/aromatic N) is 1. The standard InChI is InChI=1S/C12H11N3O2S/c1-7(16)8-3-2-4-9(5-8)14-11(17)10-6-18-12(13)15-10/h2-6H,1H3,(H2,13,15)(H,14,17). The Morgan fingerprint density at radius 2 is 2.17 bits per heavy atom. The van der Waals surface area contributed by atoms with E-state index >= 15 is 0 Å². The first kappa shape index (κ1) is 12.3. The molecule has 6 heteroatoms. The minimum absolute atomic E-state index is 0.0519. The van der Waals surface area contributed by atoms with E-state index in [0.717, 1.165) is 0 Å². The third-order valence-electron chi connectivity index (χ3n) is 2.28. The van der Waals surface area contributed by atoms with E-state index in [0.29, 0.717) is 16.4 Å². The Labute approximate surface area is 108 Å². The lowest BCUT2D eigenvalue weighted by Gasteiger charge is -2.04. The van der Waals surface area contributed by atoms with Gasteiger partial charge < -0.3 is 11.1 Å². The van der Waals surface area contributed by atoms with Crippen molar-refractivity contribution in [2.45, 2.75) is 6.92 Å². The van der Waals surface area contributed by atoms with Crippen LogP contribution in [0.2, 0.25) is 0 Å². The molecule has 0 saturated heterocycles. The molecule has 2 rings (SSSR count). The molecule has 18 heavy (non-hydrogen) atoms. The number of hydrogen-bond acceptors (Lipinski definition) is 5. The first-order chi connectivity index (χ1) is 8.56. The van der Waals surface area contributed by atoms with E-state index in [1.54, 1.807) is 29.6 Å². The lowest BCUT2D eigenvalue weighted by molar-refractivity contribution is 0.100. The van der Waals surface area contributed by atoms with Crippen molar-refractivity contribution in [2.75, 3.05) is 11.1 Å². The maximum atomic E-state index is 11.8. The smallest absolute Gasteiger partial charge is 0.275 e. The Balaban J connectivity index is 2.16. The summed E-state index contributed by atoms with van der Waals surface area (Å²) in [6, 6.07) is 6.73. The Kier molecular flexibility index (Phi) is 3.38. The Morgan fingerprint density at radius 1 is 1.39 bits per heavy atom. The normalized spacial score (nSPS) is 10.1. The van der Waals surface area contributed by atoms with Gasteiger partial charge in [-0.25, -0.2) is 4.98 Å². The van der Waals surface area contributed by atoms with Crippen LogP contribution in [0.5, 0.6) is 0 Å². The maximum absolute atomic E-state index is 11.8. The Morgan fingerprint density at radius 3 is 2.78 bits per heavy atom. The number of hydrogen-bond donors (Lipinski definition) is 2. The van der Waals surface area contributed by atoms with Gasteiger partial charge in [-0.3, -0.25) is 9.59 Å². The molecule has 0 radical (unpaired) electrons. The summed E-state index contributed by atoms with van der Waals surface area (Å²) in [6.45, 7) is 1.47. The molecule has 1 heterocycles. The van der Waals surface area contributed by atoms with Crippen LogP contribution in [0.25, 0.3) is 0 Å². The van der Waals surface area contributed by atoms with Crippen molar-refractivity contribution in [2.24, 2.45) is 0 Å². The summed E-state index contributed by atoms with van der Waals surface area (Å²) in [6.07, 6.45) is 0. The number of amides is 1. The summed E-state index contributed by atoms with van der Waals surface area (Å²) >= 11 is 1.20. The SMILES string of the molecule is CC(=O)c1cccc(NC(=O)c2csc(N)n2)c1. The van der Waals surface area contributed by atoms with Crippen LogP contribution in [0.4, 0.5) is 10.8 Å². The minimum atomic E-state index is -0.344. The fraction of sp³-hybridized carbons (Fsp3) is 0.0833. The molecule has 3 N–H and O–H groups in total. The molecule has 1 amide bonds. The number of nitrogens with two attached hydrogens (primary N) is 1. The molecule has 0 fully saturated rings. The molecule has 0 atom stereocenters. The lowest BCUT2D eigenvalue weighted by Crippen LogP contribution is -2.12. The average Bonchev–Trinajstić information content (AvgIpc) is 2.76. The van der Waals surface area contributed by atoms with Gasteiger partial charge in [-0.15, -0.1) is 11.3 Å². The molecular weight excluding hydrogens is 250 g/mol. The predicted molar refractivity (Wildman–Crippen MR) is 70.9 cm³/mol. The summed E-state index contributed by atoms with van der Waals surface area (Å²) in [7, 11) is 0. The second-order valence-electron chi connectivity index (χ2n) is 3.66. The number of Topliss-reactive ketones (excluding diaryl/α,β-unsaturated/α-hetero) is 1. The quantitative estimate of drug-likeness (QED) is 0.829. The van der Waals surface area contributed by atoms with E-state index < -0.39 is 0 Å². The van der Waals surface area contributed by atoms with Crippen LogP contribution >= 0.6 is 11.3 Å². The summed E-state index contributed by atoms with van der Waals surface area (Å²) in [4.78, 5) is 26.9. The maximum Gasteiger partial charge on any atom is 0.275 e. The molecule has 0 unspecified atom stereocenters. The van der Waals surface area contributed by atoms with Crippen LogP contribution in [-0.4, -0.2) is 16.7 Å². The van der Waals surface area contributed by atoms with Gasteiger partial charge in [0.15, 0.2) is 10.9 Å². The van der Waals surface area contributed by atoms with Gasteiger partial charge in [0.05, 0.1) is 0 Å². The van der Waals surface area contributed by atoms with E-state index in [-0.39, 0.29) is 17.4 Å². The fourth-order valence-electron chi connectivity index (χ4n) is 1.40. The van der Waals surface area contributed by atoms with E-state index in [2.05, 4.69) is 10.3 Å². The zero-order chi connectivity index (χ0) is 13.1. The first-order valence-corrected chi connectivity index (χ1v) is 6.07. The molecule has 2 aromatic rings. The number of carbonyl (C=O) groups is 2. The van der Waals surface area contributed by atoms with Gasteiger partial charge >= 0.3 is 0 Å². The monoisotopic (exact) mass is 261 g/mol. The second-order valence-corrected chi connectivity index (χ2v) is 4.55. The molecule has 92 valence electrons. The van der Waals surface area contributed by atoms with Gasteiger partial charge in [-0.1, -0.05) is 12.1 Å². The highest BCUT2D eigenvalue weighted by Crippen LogP contribution is 2.15. The third-order valence-corrected chi connectivity index (χ3v) is 2.96. The number of aromatic nitrogens is 1. The first-order valence-electron chi connectivity index (χ1n) is 5.19. The van der Waals surface area contributed by atoms with Crippen LogP contribution < -0.4 is 11.1 Å². The molecule has 0 saturated carbocycles. The number of carbonyl (C=O) groups excluding carboxylic acids is 2. The predicted octanol–water partition coefficient (Wildman–Crippen LogP) is 2.18. The number of thiazole rings is 1. The lowest BCUT2D eigenvalue weighted by atomic mass is 10.1. The van der Waals surface area contributed by atoms with Crippen LogP contribution in [0.1, 0.15) is 27.8 Å². The van der Waals surface area contributed by atoms with Crippen LogP contribution in [-0.2, 0) is 0 Å². The number of rotatable bonds is 3. The summed E-state index contributed by atoms with van der Waals surface area (Å²) in [5.41, 5.74) is 6.83. The molecule has 5 nitrogen and oxygen atoms in total. The van der Waals surface area contributed by atoms with Crippen LogP contribution in [0, 0.1) is 0 Å². The van der Waals surface area contributed by atoms with Gasteiger partial charge in [0, 0.05) is 16.6 Å². The fourth-order valence-corrected chi connectivity index (χ4v) is 1.95. The zero-order valence-corrected chi connectivity index (χ0v) is 10.5. The van der Waals surface area contributed by atoms with Gasteiger partial charge in [0.2, 0.25) is 0 Å². The van der Waals surface area contributed by atoms with Gasteiger partial charge in [0.25, 0.3) is 5.91 Å². The topological polar surface area (TPSA) is 85.1 Å². The zero-order valence-electron chi connectivity index (χ0n) is 9.64. The number of anilines is 2. The highest BCUT2D eigenvalue weighted by atomic mass is 32.1. The van der Waals surface area contributed by atoms with Crippen LogP contribution in [0.15, 0.2) is 29.6 Å². The van der Waals surface area contributed by atoms with Crippen molar-refractivity contribution >= 4 is 33.8 Å². The number of benzene rings is 1. The molecule has 0 aliphatic carbocycles. The van der Waals surface area contributed by atoms with Crippen molar-refractivity contribution in [1.82, 2.24) is 4.98 Å². The molecular formula is C12H11N3O2S. The molecule has 0 aliphatic heterocycles. The number of ketones is 1. The van der Waals surface area contributed by atoms with E-state index in [9.17, 15) is 9.59 Å². The van der Waals surface area contributed by atoms with Crippen molar-refractivity contribution in [3.63, 3.8) is 0 Å². The number of nitrogen functional groups attached to an aromatic ring is 1. The third kappa shape index (κ3) is 2.72. The summed E-state index contributed by atoms with van der Waals surface area (Å²) in [5.74, 6) is -0.396. The molecule has 1 aromatic heterocycles. The van der Waals surface area contributed by atoms with Gasteiger partial charge in [0.1, 0.15) is 5.69 Å².